The molecule has 0 saturated carbocycles. The van der Waals surface area contributed by atoms with E-state index in [0.29, 0.717) is 13.2 Å². The maximum Gasteiger partial charge on any atom is 0.326 e. The zero-order valence-electron chi connectivity index (χ0n) is 12.4. The topological polar surface area (TPSA) is 78.9 Å². The molecule has 0 aromatic heterocycles. The number of likely N-dealkylation sites (tertiary alicyclic amines) is 1. The third kappa shape index (κ3) is 5.00. The van der Waals surface area contributed by atoms with Crippen LogP contribution in [0.3, 0.4) is 0 Å². The Bertz CT molecular complexity index is 322. The lowest BCUT2D eigenvalue weighted by Crippen LogP contribution is -2.51. The second-order valence-electron chi connectivity index (χ2n) is 5.23. The van der Waals surface area contributed by atoms with Crippen LogP contribution in [0.15, 0.2) is 0 Å². The van der Waals surface area contributed by atoms with E-state index in [1.165, 1.54) is 7.11 Å². The number of rotatable bonds is 6. The molecule has 2 amide bonds. The van der Waals surface area contributed by atoms with Gasteiger partial charge in [-0.3, -0.25) is 0 Å². The van der Waals surface area contributed by atoms with Crippen molar-refractivity contribution in [2.75, 3.05) is 20.3 Å². The van der Waals surface area contributed by atoms with Crippen molar-refractivity contribution in [3.8, 4) is 0 Å². The standard InChI is InChI=1S/C14H26N2O4/c1-3-11-7-5-4-6-9-16(11)14(19)15-12(13(17)18)8-10-20-2/h11-12H,3-10H2,1-2H3,(H,15,19)(H,17,18). The zero-order valence-corrected chi connectivity index (χ0v) is 12.4. The minimum atomic E-state index is -1.02. The van der Waals surface area contributed by atoms with Crippen molar-refractivity contribution < 1.29 is 19.4 Å². The van der Waals surface area contributed by atoms with Crippen molar-refractivity contribution in [2.45, 2.75) is 57.5 Å². The Kier molecular flexibility index (Phi) is 7.36. The van der Waals surface area contributed by atoms with Crippen molar-refractivity contribution in [3.63, 3.8) is 0 Å². The fraction of sp³-hybridized carbons (Fsp3) is 0.857. The average Bonchev–Trinajstić information content (AvgIpc) is 2.67. The van der Waals surface area contributed by atoms with Crippen LogP contribution in [-0.4, -0.2) is 54.4 Å². The minimum Gasteiger partial charge on any atom is -0.480 e. The Balaban J connectivity index is 2.62. The van der Waals surface area contributed by atoms with Crippen LogP contribution < -0.4 is 5.32 Å². The highest BCUT2D eigenvalue weighted by Crippen LogP contribution is 2.19. The molecule has 2 atom stereocenters. The molecule has 1 fully saturated rings. The van der Waals surface area contributed by atoms with Gasteiger partial charge in [-0.25, -0.2) is 9.59 Å². The molecule has 116 valence electrons. The maximum absolute atomic E-state index is 12.3. The van der Waals surface area contributed by atoms with Crippen LogP contribution >= 0.6 is 0 Å². The van der Waals surface area contributed by atoms with Crippen molar-refractivity contribution in [2.24, 2.45) is 0 Å². The SMILES string of the molecule is CCC1CCCCCN1C(=O)NC(CCOC)C(=O)O. The van der Waals surface area contributed by atoms with Gasteiger partial charge in [-0.15, -0.1) is 0 Å². The molecule has 0 aromatic rings. The molecule has 1 aliphatic rings. The summed E-state index contributed by atoms with van der Waals surface area (Å²) < 4.78 is 4.88. The molecule has 1 heterocycles. The number of aliphatic carboxylic acids is 1. The van der Waals surface area contributed by atoms with Gasteiger partial charge in [-0.1, -0.05) is 19.8 Å². The molecule has 0 aromatic carbocycles. The smallest absolute Gasteiger partial charge is 0.326 e. The van der Waals surface area contributed by atoms with Crippen LogP contribution in [0.1, 0.15) is 45.4 Å². The Labute approximate surface area is 120 Å². The predicted octanol–water partition coefficient (Wildman–Crippen LogP) is 1.84. The van der Waals surface area contributed by atoms with E-state index in [-0.39, 0.29) is 18.5 Å². The summed E-state index contributed by atoms with van der Waals surface area (Å²) in [6.07, 6.45) is 5.44. The maximum atomic E-state index is 12.3. The second-order valence-corrected chi connectivity index (χ2v) is 5.23. The number of methoxy groups -OCH3 is 1. The summed E-state index contributed by atoms with van der Waals surface area (Å²) in [5, 5.41) is 11.8. The molecular weight excluding hydrogens is 260 g/mol. The van der Waals surface area contributed by atoms with Gasteiger partial charge < -0.3 is 20.1 Å². The minimum absolute atomic E-state index is 0.217. The summed E-state index contributed by atoms with van der Waals surface area (Å²) in [6, 6.07) is -0.931. The number of carbonyl (C=O) groups is 2. The van der Waals surface area contributed by atoms with E-state index >= 15 is 0 Å². The van der Waals surface area contributed by atoms with E-state index in [1.807, 2.05) is 0 Å². The van der Waals surface area contributed by atoms with E-state index in [4.69, 9.17) is 9.84 Å². The van der Waals surface area contributed by atoms with E-state index in [9.17, 15) is 9.59 Å². The number of nitrogens with zero attached hydrogens (tertiary/aromatic N) is 1. The Morgan fingerprint density at radius 1 is 1.40 bits per heavy atom. The Morgan fingerprint density at radius 2 is 2.15 bits per heavy atom. The molecule has 2 unspecified atom stereocenters. The first-order valence-electron chi connectivity index (χ1n) is 7.39. The summed E-state index contributed by atoms with van der Waals surface area (Å²) in [4.78, 5) is 25.3. The molecule has 0 radical (unpaired) electrons. The van der Waals surface area contributed by atoms with E-state index in [0.717, 1.165) is 32.1 Å². The van der Waals surface area contributed by atoms with Crippen molar-refractivity contribution >= 4 is 12.0 Å². The normalized spacial score (nSPS) is 21.1. The van der Waals surface area contributed by atoms with Gasteiger partial charge in [-0.05, 0) is 19.3 Å². The number of carbonyl (C=O) groups excluding carboxylic acids is 1. The summed E-state index contributed by atoms with van der Waals surface area (Å²) in [5.41, 5.74) is 0. The van der Waals surface area contributed by atoms with E-state index in [1.54, 1.807) is 4.90 Å². The summed E-state index contributed by atoms with van der Waals surface area (Å²) in [7, 11) is 1.52. The van der Waals surface area contributed by atoms with Gasteiger partial charge in [0.15, 0.2) is 0 Å². The van der Waals surface area contributed by atoms with E-state index < -0.39 is 12.0 Å². The molecule has 2 N–H and O–H groups in total. The van der Waals surface area contributed by atoms with Crippen LogP contribution in [0.25, 0.3) is 0 Å². The molecule has 6 nitrogen and oxygen atoms in total. The van der Waals surface area contributed by atoms with Crippen LogP contribution in [-0.2, 0) is 9.53 Å². The average molecular weight is 286 g/mol. The number of nitrogens with one attached hydrogen (secondary N) is 1. The summed E-state index contributed by atoms with van der Waals surface area (Å²) in [6.45, 7) is 3.09. The number of hydrogen-bond acceptors (Lipinski definition) is 3. The highest BCUT2D eigenvalue weighted by atomic mass is 16.5. The van der Waals surface area contributed by atoms with Gasteiger partial charge in [0.2, 0.25) is 0 Å². The molecule has 0 aliphatic carbocycles. The van der Waals surface area contributed by atoms with Gasteiger partial charge in [0, 0.05) is 32.7 Å². The van der Waals surface area contributed by atoms with Gasteiger partial charge in [-0.2, -0.15) is 0 Å². The monoisotopic (exact) mass is 286 g/mol. The molecule has 20 heavy (non-hydrogen) atoms. The molecule has 1 rings (SSSR count). The quantitative estimate of drug-likeness (QED) is 0.781. The number of ether oxygens (including phenoxy) is 1. The molecule has 6 heteroatoms. The lowest BCUT2D eigenvalue weighted by molar-refractivity contribution is -0.139. The van der Waals surface area contributed by atoms with Gasteiger partial charge >= 0.3 is 12.0 Å². The third-order valence-corrected chi connectivity index (χ3v) is 3.82. The fourth-order valence-corrected chi connectivity index (χ4v) is 2.59. The number of urea groups is 1. The van der Waals surface area contributed by atoms with Crippen LogP contribution in [0.2, 0.25) is 0 Å². The lowest BCUT2D eigenvalue weighted by Gasteiger charge is -2.30. The molecular formula is C14H26N2O4. The van der Waals surface area contributed by atoms with Gasteiger partial charge in [0.1, 0.15) is 6.04 Å². The first-order valence-corrected chi connectivity index (χ1v) is 7.39. The lowest BCUT2D eigenvalue weighted by atomic mass is 10.1. The molecule has 1 aliphatic heterocycles. The number of carboxylic acid groups (broad SMARTS) is 1. The first-order chi connectivity index (χ1) is 9.60. The largest absolute Gasteiger partial charge is 0.480 e. The van der Waals surface area contributed by atoms with Crippen molar-refractivity contribution in [3.05, 3.63) is 0 Å². The van der Waals surface area contributed by atoms with Crippen molar-refractivity contribution in [1.29, 1.82) is 0 Å². The number of carboxylic acids is 1. The van der Waals surface area contributed by atoms with Crippen molar-refractivity contribution in [1.82, 2.24) is 10.2 Å². The number of hydrogen-bond donors (Lipinski definition) is 2. The number of amides is 2. The van der Waals surface area contributed by atoms with Crippen LogP contribution in [0, 0.1) is 0 Å². The van der Waals surface area contributed by atoms with Crippen LogP contribution in [0.4, 0.5) is 4.79 Å². The van der Waals surface area contributed by atoms with Gasteiger partial charge in [0.05, 0.1) is 0 Å². The molecule has 1 saturated heterocycles. The first kappa shape index (κ1) is 16.8. The summed E-state index contributed by atoms with van der Waals surface area (Å²) >= 11 is 0. The van der Waals surface area contributed by atoms with E-state index in [2.05, 4.69) is 12.2 Å². The highest BCUT2D eigenvalue weighted by Gasteiger charge is 2.27. The van der Waals surface area contributed by atoms with Crippen LogP contribution in [0.5, 0.6) is 0 Å². The predicted molar refractivity (Wildman–Crippen MR) is 75.7 cm³/mol. The Morgan fingerprint density at radius 3 is 2.75 bits per heavy atom. The molecule has 0 spiro atoms. The third-order valence-electron chi connectivity index (χ3n) is 3.82. The fourth-order valence-electron chi connectivity index (χ4n) is 2.59. The van der Waals surface area contributed by atoms with Gasteiger partial charge in [0.25, 0.3) is 0 Å². The zero-order chi connectivity index (χ0) is 15.0. The Hall–Kier alpha value is -1.30. The highest BCUT2D eigenvalue weighted by molar-refractivity contribution is 5.82. The molecule has 0 bridgehead atoms. The summed E-state index contributed by atoms with van der Waals surface area (Å²) in [5.74, 6) is -1.02. The second kappa shape index (κ2) is 8.79.